The number of piperidine rings is 1. The van der Waals surface area contributed by atoms with Gasteiger partial charge in [0.05, 0.1) is 0 Å². The number of likely N-dealkylation sites (tertiary alicyclic amines) is 1. The summed E-state index contributed by atoms with van der Waals surface area (Å²) < 4.78 is 19.2. The number of nitrogens with zero attached hydrogens (tertiary/aromatic N) is 2. The van der Waals surface area contributed by atoms with Crippen LogP contribution < -0.4 is 15.0 Å². The highest BCUT2D eigenvalue weighted by atomic mass is 19.1. The molecule has 0 spiro atoms. The second-order valence-electron chi connectivity index (χ2n) is 9.21. The Hall–Kier alpha value is -4.16. The molecule has 4 aromatic rings. The number of halogens is 1. The van der Waals surface area contributed by atoms with Crippen molar-refractivity contribution in [2.24, 2.45) is 0 Å². The van der Waals surface area contributed by atoms with Gasteiger partial charge in [-0.15, -0.1) is 0 Å². The first-order valence-electron chi connectivity index (χ1n) is 12.6. The van der Waals surface area contributed by atoms with Crippen molar-refractivity contribution >= 4 is 17.4 Å². The summed E-state index contributed by atoms with van der Waals surface area (Å²) in [7, 11) is 0. The van der Waals surface area contributed by atoms with Crippen molar-refractivity contribution in [3.05, 3.63) is 121 Å². The van der Waals surface area contributed by atoms with Crippen LogP contribution in [0.4, 0.5) is 20.6 Å². The van der Waals surface area contributed by atoms with E-state index >= 15 is 0 Å². The van der Waals surface area contributed by atoms with Crippen molar-refractivity contribution in [1.29, 1.82) is 0 Å². The number of rotatable bonds is 7. The third kappa shape index (κ3) is 6.54. The Balaban J connectivity index is 1.20. The molecule has 5 nitrogen and oxygen atoms in total. The predicted octanol–water partition coefficient (Wildman–Crippen LogP) is 7.32. The Kier molecular flexibility index (Phi) is 7.77. The number of urea groups is 1. The van der Waals surface area contributed by atoms with Gasteiger partial charge in [0.1, 0.15) is 17.3 Å². The SMILES string of the molecule is O=C(Nc1ccc(F)cc1)N(c1ccccc1)C1CCN(Cc2ccc(Oc3ccccc3)cc2)CC1. The smallest absolute Gasteiger partial charge is 0.326 e. The molecule has 1 heterocycles. The van der Waals surface area contributed by atoms with Crippen LogP contribution in [0.5, 0.6) is 11.5 Å². The largest absolute Gasteiger partial charge is 0.457 e. The zero-order valence-corrected chi connectivity index (χ0v) is 20.6. The number of carbonyl (C=O) groups is 1. The van der Waals surface area contributed by atoms with Crippen molar-refractivity contribution in [1.82, 2.24) is 4.90 Å². The van der Waals surface area contributed by atoms with Crippen LogP contribution in [0.25, 0.3) is 0 Å². The van der Waals surface area contributed by atoms with Crippen LogP contribution >= 0.6 is 0 Å². The number of hydrogen-bond acceptors (Lipinski definition) is 3. The standard InChI is InChI=1S/C31H30FN3O2/c32-25-13-15-26(16-14-25)33-31(36)35(27-7-3-1-4-8-27)28-19-21-34(22-20-28)23-24-11-17-30(18-12-24)37-29-9-5-2-6-10-29/h1-18,28H,19-23H2,(H,33,36). The molecule has 0 saturated carbocycles. The van der Waals surface area contributed by atoms with Crippen molar-refractivity contribution < 1.29 is 13.9 Å². The van der Waals surface area contributed by atoms with Crippen molar-refractivity contribution in [2.45, 2.75) is 25.4 Å². The van der Waals surface area contributed by atoms with Gasteiger partial charge in [-0.3, -0.25) is 9.80 Å². The van der Waals surface area contributed by atoms with Gasteiger partial charge in [-0.2, -0.15) is 0 Å². The van der Waals surface area contributed by atoms with Crippen molar-refractivity contribution in [3.63, 3.8) is 0 Å². The molecule has 0 bridgehead atoms. The molecular weight excluding hydrogens is 465 g/mol. The van der Waals surface area contributed by atoms with E-state index in [1.54, 1.807) is 12.1 Å². The Labute approximate surface area is 217 Å². The van der Waals surface area contributed by atoms with E-state index in [4.69, 9.17) is 4.74 Å². The van der Waals surface area contributed by atoms with E-state index in [0.29, 0.717) is 5.69 Å². The molecule has 1 aliphatic heterocycles. The minimum Gasteiger partial charge on any atom is -0.457 e. The van der Waals surface area contributed by atoms with Gasteiger partial charge in [0, 0.05) is 37.1 Å². The minimum absolute atomic E-state index is 0.0701. The summed E-state index contributed by atoms with van der Waals surface area (Å²) in [5.41, 5.74) is 2.66. The van der Waals surface area contributed by atoms with E-state index in [1.165, 1.54) is 17.7 Å². The van der Waals surface area contributed by atoms with Crippen molar-refractivity contribution in [3.8, 4) is 11.5 Å². The van der Waals surface area contributed by atoms with Gasteiger partial charge in [0.2, 0.25) is 0 Å². The molecular formula is C31H30FN3O2. The lowest BCUT2D eigenvalue weighted by molar-refractivity contribution is 0.199. The molecule has 0 unspecified atom stereocenters. The van der Waals surface area contributed by atoms with Gasteiger partial charge in [0.15, 0.2) is 0 Å². The van der Waals surface area contributed by atoms with Crippen LogP contribution in [0.3, 0.4) is 0 Å². The fourth-order valence-electron chi connectivity index (χ4n) is 4.68. The molecule has 0 atom stereocenters. The number of para-hydroxylation sites is 2. The maximum Gasteiger partial charge on any atom is 0.326 e. The van der Waals surface area contributed by atoms with Crippen LogP contribution in [0.15, 0.2) is 109 Å². The van der Waals surface area contributed by atoms with Gasteiger partial charge >= 0.3 is 6.03 Å². The van der Waals surface area contributed by atoms with Crippen LogP contribution in [0.2, 0.25) is 0 Å². The monoisotopic (exact) mass is 495 g/mol. The lowest BCUT2D eigenvalue weighted by Gasteiger charge is -2.38. The Bertz CT molecular complexity index is 1270. The number of nitrogens with one attached hydrogen (secondary N) is 1. The van der Waals surface area contributed by atoms with Crippen LogP contribution in [-0.2, 0) is 6.54 Å². The zero-order valence-electron chi connectivity index (χ0n) is 20.6. The summed E-state index contributed by atoms with van der Waals surface area (Å²) in [6.07, 6.45) is 1.72. The van der Waals surface area contributed by atoms with E-state index in [1.807, 2.05) is 77.7 Å². The molecule has 0 aromatic heterocycles. The normalized spacial score (nSPS) is 14.2. The van der Waals surface area contributed by atoms with Crippen LogP contribution in [0.1, 0.15) is 18.4 Å². The molecule has 6 heteroatoms. The van der Waals surface area contributed by atoms with Crippen LogP contribution in [-0.4, -0.2) is 30.1 Å². The first-order chi connectivity index (χ1) is 18.1. The molecule has 37 heavy (non-hydrogen) atoms. The summed E-state index contributed by atoms with van der Waals surface area (Å²) in [5.74, 6) is 1.31. The van der Waals surface area contributed by atoms with E-state index in [9.17, 15) is 9.18 Å². The van der Waals surface area contributed by atoms with Crippen molar-refractivity contribution in [2.75, 3.05) is 23.3 Å². The second kappa shape index (κ2) is 11.7. The fourth-order valence-corrected chi connectivity index (χ4v) is 4.68. The Morgan fingerprint density at radius 1 is 0.811 bits per heavy atom. The quantitative estimate of drug-likeness (QED) is 0.292. The molecule has 1 aliphatic rings. The number of ether oxygens (including phenoxy) is 1. The van der Waals surface area contributed by atoms with Crippen LogP contribution in [0, 0.1) is 5.82 Å². The maximum absolute atomic E-state index is 13.3. The van der Waals surface area contributed by atoms with Gasteiger partial charge in [-0.25, -0.2) is 9.18 Å². The molecule has 0 radical (unpaired) electrons. The third-order valence-corrected chi connectivity index (χ3v) is 6.58. The number of anilines is 2. The predicted molar refractivity (Wildman–Crippen MR) is 146 cm³/mol. The third-order valence-electron chi connectivity index (χ3n) is 6.58. The van der Waals surface area contributed by atoms with Gasteiger partial charge in [0.25, 0.3) is 0 Å². The van der Waals surface area contributed by atoms with Gasteiger partial charge in [-0.05, 0) is 79.1 Å². The van der Waals surface area contributed by atoms with E-state index < -0.39 is 0 Å². The summed E-state index contributed by atoms with van der Waals surface area (Å²) in [4.78, 5) is 17.6. The number of amides is 2. The summed E-state index contributed by atoms with van der Waals surface area (Å²) in [5, 5.41) is 2.93. The molecule has 2 amide bonds. The highest BCUT2D eigenvalue weighted by molar-refractivity contribution is 6.02. The average Bonchev–Trinajstić information content (AvgIpc) is 2.93. The number of hydrogen-bond donors (Lipinski definition) is 1. The topological polar surface area (TPSA) is 44.8 Å². The maximum atomic E-state index is 13.3. The number of carbonyl (C=O) groups excluding carboxylic acids is 1. The fraction of sp³-hybridized carbons (Fsp3) is 0.194. The molecule has 0 aliphatic carbocycles. The number of benzene rings is 4. The second-order valence-corrected chi connectivity index (χ2v) is 9.21. The summed E-state index contributed by atoms with van der Waals surface area (Å²) >= 11 is 0. The van der Waals surface area contributed by atoms with E-state index in [0.717, 1.165) is 49.7 Å². The summed E-state index contributed by atoms with van der Waals surface area (Å²) in [6, 6.07) is 33.4. The van der Waals surface area contributed by atoms with Gasteiger partial charge in [-0.1, -0.05) is 48.5 Å². The first-order valence-corrected chi connectivity index (χ1v) is 12.6. The molecule has 188 valence electrons. The van der Waals surface area contributed by atoms with E-state index in [2.05, 4.69) is 22.3 Å². The highest BCUT2D eigenvalue weighted by Crippen LogP contribution is 2.27. The lowest BCUT2D eigenvalue weighted by Crippen LogP contribution is -2.49. The Morgan fingerprint density at radius 3 is 2.05 bits per heavy atom. The van der Waals surface area contributed by atoms with E-state index in [-0.39, 0.29) is 17.9 Å². The lowest BCUT2D eigenvalue weighted by atomic mass is 10.0. The Morgan fingerprint density at radius 2 is 1.41 bits per heavy atom. The minimum atomic E-state index is -0.330. The molecule has 5 rings (SSSR count). The molecule has 1 fully saturated rings. The van der Waals surface area contributed by atoms with Gasteiger partial charge < -0.3 is 10.1 Å². The first kappa shape index (κ1) is 24.5. The molecule has 4 aromatic carbocycles. The molecule has 1 N–H and O–H groups in total. The molecule has 1 saturated heterocycles. The highest BCUT2D eigenvalue weighted by Gasteiger charge is 2.29. The summed E-state index contributed by atoms with van der Waals surface area (Å²) in [6.45, 7) is 2.63. The average molecular weight is 496 g/mol. The zero-order chi connectivity index (χ0) is 25.5.